The van der Waals surface area contributed by atoms with Crippen LogP contribution in [0.3, 0.4) is 0 Å². The predicted octanol–water partition coefficient (Wildman–Crippen LogP) is 3.57. The maximum atomic E-state index is 13.7. The van der Waals surface area contributed by atoms with Crippen LogP contribution in [0.4, 0.5) is 11.4 Å². The zero-order valence-electron chi connectivity index (χ0n) is 18.8. The van der Waals surface area contributed by atoms with E-state index in [1.165, 1.54) is 0 Å². The molecule has 0 aromatic heterocycles. The van der Waals surface area contributed by atoms with E-state index < -0.39 is 6.04 Å². The number of allylic oxidation sites excluding steroid dienone is 1. The Morgan fingerprint density at radius 1 is 1.25 bits per heavy atom. The molecule has 0 aliphatic carbocycles. The summed E-state index contributed by atoms with van der Waals surface area (Å²) in [6.07, 6.45) is 5.86. The molecule has 2 N–H and O–H groups in total. The Hall–Kier alpha value is -3.03. The van der Waals surface area contributed by atoms with Crippen molar-refractivity contribution in [3.05, 3.63) is 71.3 Å². The number of rotatable bonds is 7. The first-order valence-corrected chi connectivity index (χ1v) is 11.0. The van der Waals surface area contributed by atoms with Crippen molar-refractivity contribution in [2.75, 3.05) is 29.3 Å². The first-order valence-electron chi connectivity index (χ1n) is 10.6. The Morgan fingerprint density at radius 2 is 1.97 bits per heavy atom. The molecule has 32 heavy (non-hydrogen) atoms. The third kappa shape index (κ3) is 4.89. The number of carbonyl (C=O) groups excluding carboxylic acids is 2. The van der Waals surface area contributed by atoms with Crippen LogP contribution in [-0.4, -0.2) is 38.0 Å². The molecule has 0 fully saturated rings. The van der Waals surface area contributed by atoms with Gasteiger partial charge in [-0.25, -0.2) is 0 Å². The van der Waals surface area contributed by atoms with Gasteiger partial charge < -0.3 is 19.8 Å². The standard InChI is InChI=1S/C25H30N4O2S/c1-5-9-19-18(6-2)13-12-17(3)20(19)15-28-22-10-7-8-11-23(22)29(32)16-21(25(28)31)27-24(30)14-26-4/h5-13,21,26,32H,2,14-16H2,1,3-4H3,(H,27,30)/b9-5-. The number of carbonyl (C=O) groups is 2. The minimum Gasteiger partial charge on any atom is -0.342 e. The van der Waals surface area contributed by atoms with E-state index in [0.717, 1.165) is 33.6 Å². The molecule has 2 aromatic carbocycles. The van der Waals surface area contributed by atoms with Gasteiger partial charge in [0.25, 0.3) is 5.91 Å². The van der Waals surface area contributed by atoms with Crippen LogP contribution < -0.4 is 19.8 Å². The lowest BCUT2D eigenvalue weighted by atomic mass is 9.95. The van der Waals surface area contributed by atoms with Gasteiger partial charge in [0.2, 0.25) is 5.91 Å². The molecule has 6 nitrogen and oxygen atoms in total. The van der Waals surface area contributed by atoms with Gasteiger partial charge in [0.15, 0.2) is 0 Å². The number of nitrogens with one attached hydrogen (secondary N) is 2. The number of nitrogens with zero attached hydrogens (tertiary/aromatic N) is 2. The van der Waals surface area contributed by atoms with Gasteiger partial charge >= 0.3 is 0 Å². The van der Waals surface area contributed by atoms with Gasteiger partial charge in [0.05, 0.1) is 31.0 Å². The topological polar surface area (TPSA) is 64.7 Å². The maximum Gasteiger partial charge on any atom is 0.251 e. The Morgan fingerprint density at radius 3 is 2.62 bits per heavy atom. The number of fused-ring (bicyclic) bond motifs is 1. The van der Waals surface area contributed by atoms with E-state index in [-0.39, 0.29) is 24.9 Å². The number of para-hydroxylation sites is 2. The van der Waals surface area contributed by atoms with E-state index in [2.05, 4.69) is 30.0 Å². The number of likely N-dealkylation sites (N-methyl/N-ethyl adjacent to an activating group) is 1. The fraction of sp³-hybridized carbons (Fsp3) is 0.280. The molecule has 3 rings (SSSR count). The first-order chi connectivity index (χ1) is 15.4. The number of aryl methyl sites for hydroxylation is 1. The summed E-state index contributed by atoms with van der Waals surface area (Å²) < 4.78 is 1.72. The summed E-state index contributed by atoms with van der Waals surface area (Å²) >= 11 is 4.62. The summed E-state index contributed by atoms with van der Waals surface area (Å²) in [6, 6.07) is 11.0. The van der Waals surface area contributed by atoms with Crippen molar-refractivity contribution in [1.82, 2.24) is 10.6 Å². The molecular formula is C25H30N4O2S. The highest BCUT2D eigenvalue weighted by atomic mass is 32.1. The summed E-state index contributed by atoms with van der Waals surface area (Å²) in [5.41, 5.74) is 5.74. The number of hydrogen-bond acceptors (Lipinski definition) is 5. The van der Waals surface area contributed by atoms with Gasteiger partial charge in [0.1, 0.15) is 6.04 Å². The fourth-order valence-corrected chi connectivity index (χ4v) is 4.28. The van der Waals surface area contributed by atoms with Crippen molar-refractivity contribution < 1.29 is 9.59 Å². The number of thiol groups is 1. The molecule has 0 spiro atoms. The van der Waals surface area contributed by atoms with Crippen LogP contribution in [0.5, 0.6) is 0 Å². The van der Waals surface area contributed by atoms with Crippen molar-refractivity contribution >= 4 is 48.2 Å². The molecule has 7 heteroatoms. The van der Waals surface area contributed by atoms with Gasteiger partial charge in [0, 0.05) is 0 Å². The van der Waals surface area contributed by atoms with Gasteiger partial charge in [-0.05, 0) is 55.3 Å². The van der Waals surface area contributed by atoms with Crippen LogP contribution in [0.15, 0.2) is 49.1 Å². The lowest BCUT2D eigenvalue weighted by molar-refractivity contribution is -0.126. The van der Waals surface area contributed by atoms with Crippen LogP contribution in [0, 0.1) is 6.92 Å². The molecule has 1 atom stereocenters. The SMILES string of the molecule is C=Cc1ccc(C)c(CN2C(=O)C(NC(=O)CNC)CN(S)c3ccccc32)c1/C=C\C. The largest absolute Gasteiger partial charge is 0.342 e. The van der Waals surface area contributed by atoms with E-state index in [0.29, 0.717) is 6.54 Å². The zero-order valence-corrected chi connectivity index (χ0v) is 19.7. The summed E-state index contributed by atoms with van der Waals surface area (Å²) in [4.78, 5) is 27.8. The van der Waals surface area contributed by atoms with Crippen LogP contribution in [-0.2, 0) is 16.1 Å². The van der Waals surface area contributed by atoms with Crippen molar-refractivity contribution in [1.29, 1.82) is 0 Å². The molecule has 0 bridgehead atoms. The Kier molecular flexibility index (Phi) is 7.77. The number of benzene rings is 2. The number of anilines is 2. The normalized spacial score (nSPS) is 16.1. The molecule has 168 valence electrons. The highest BCUT2D eigenvalue weighted by Crippen LogP contribution is 2.36. The van der Waals surface area contributed by atoms with Gasteiger partial charge in [-0.2, -0.15) is 0 Å². The Labute approximate surface area is 195 Å². The van der Waals surface area contributed by atoms with Gasteiger partial charge in [-0.15, -0.1) is 0 Å². The average Bonchev–Trinajstić information content (AvgIpc) is 2.87. The lowest BCUT2D eigenvalue weighted by Gasteiger charge is -2.27. The van der Waals surface area contributed by atoms with Crippen molar-refractivity contribution in [3.63, 3.8) is 0 Å². The third-order valence-electron chi connectivity index (χ3n) is 5.54. The monoisotopic (exact) mass is 450 g/mol. The summed E-state index contributed by atoms with van der Waals surface area (Å²) in [7, 11) is 1.69. The lowest BCUT2D eigenvalue weighted by Crippen LogP contribution is -2.52. The second-order valence-corrected chi connectivity index (χ2v) is 8.20. The molecule has 0 saturated carbocycles. The molecule has 1 unspecified atom stereocenters. The molecule has 1 heterocycles. The third-order valence-corrected chi connectivity index (χ3v) is 5.92. The molecule has 0 radical (unpaired) electrons. The van der Waals surface area contributed by atoms with E-state index >= 15 is 0 Å². The highest BCUT2D eigenvalue weighted by Gasteiger charge is 2.34. The molecule has 2 aromatic rings. The minimum atomic E-state index is -0.728. The summed E-state index contributed by atoms with van der Waals surface area (Å²) in [5, 5.41) is 5.68. The second-order valence-electron chi connectivity index (χ2n) is 7.71. The molecular weight excluding hydrogens is 420 g/mol. The smallest absolute Gasteiger partial charge is 0.251 e. The number of amides is 2. The fourth-order valence-electron chi connectivity index (χ4n) is 3.94. The highest BCUT2D eigenvalue weighted by molar-refractivity contribution is 7.81. The van der Waals surface area contributed by atoms with Crippen LogP contribution in [0.1, 0.15) is 29.2 Å². The second kappa shape index (κ2) is 10.5. The molecule has 1 aliphatic heterocycles. The molecule has 0 saturated heterocycles. The van der Waals surface area contributed by atoms with E-state index in [9.17, 15) is 9.59 Å². The summed E-state index contributed by atoms with van der Waals surface area (Å²) in [6.45, 7) is 8.72. The van der Waals surface area contributed by atoms with Crippen molar-refractivity contribution in [3.8, 4) is 0 Å². The van der Waals surface area contributed by atoms with Gasteiger partial charge in [-0.1, -0.05) is 61.9 Å². The Bertz CT molecular complexity index is 1050. The van der Waals surface area contributed by atoms with Crippen molar-refractivity contribution in [2.24, 2.45) is 0 Å². The average molecular weight is 451 g/mol. The number of hydrogen-bond donors (Lipinski definition) is 3. The quantitative estimate of drug-likeness (QED) is 0.565. The predicted molar refractivity (Wildman–Crippen MR) is 136 cm³/mol. The molecule has 1 aliphatic rings. The van der Waals surface area contributed by atoms with Gasteiger partial charge in [-0.3, -0.25) is 9.59 Å². The van der Waals surface area contributed by atoms with Crippen LogP contribution >= 0.6 is 12.8 Å². The van der Waals surface area contributed by atoms with E-state index in [1.807, 2.05) is 68.5 Å². The zero-order chi connectivity index (χ0) is 23.3. The Balaban J connectivity index is 2.10. The van der Waals surface area contributed by atoms with Crippen molar-refractivity contribution in [2.45, 2.75) is 26.4 Å². The van der Waals surface area contributed by atoms with E-state index in [4.69, 9.17) is 0 Å². The van der Waals surface area contributed by atoms with E-state index in [1.54, 1.807) is 16.3 Å². The van der Waals surface area contributed by atoms with Crippen LogP contribution in [0.2, 0.25) is 0 Å². The first kappa shape index (κ1) is 23.6. The summed E-state index contributed by atoms with van der Waals surface area (Å²) in [5.74, 6) is -0.411. The molecule has 2 amide bonds. The minimum absolute atomic E-state index is 0.134. The maximum absolute atomic E-state index is 13.7. The van der Waals surface area contributed by atoms with Crippen LogP contribution in [0.25, 0.3) is 12.2 Å².